The van der Waals surface area contributed by atoms with Crippen molar-refractivity contribution in [2.24, 2.45) is 0 Å². The number of hydrogen-bond donors (Lipinski definition) is 1. The average molecular weight is 280 g/mol. The van der Waals surface area contributed by atoms with Gasteiger partial charge in [-0.25, -0.2) is 0 Å². The predicted molar refractivity (Wildman–Crippen MR) is 83.5 cm³/mol. The third-order valence-corrected chi connectivity index (χ3v) is 3.27. The van der Waals surface area contributed by atoms with Gasteiger partial charge >= 0.3 is 0 Å². The average Bonchev–Trinajstić information content (AvgIpc) is 2.32. The van der Waals surface area contributed by atoms with E-state index in [1.807, 2.05) is 0 Å². The second-order valence-corrected chi connectivity index (χ2v) is 6.52. The van der Waals surface area contributed by atoms with Gasteiger partial charge in [0.15, 0.2) is 0 Å². The zero-order chi connectivity index (χ0) is 15.2. The van der Waals surface area contributed by atoms with Crippen molar-refractivity contribution in [3.05, 3.63) is 28.8 Å². The topological polar surface area (TPSA) is 35.1 Å². The summed E-state index contributed by atoms with van der Waals surface area (Å²) >= 11 is 0. The van der Waals surface area contributed by atoms with Crippen LogP contribution in [0.5, 0.6) is 5.75 Å². The molecule has 0 saturated carbocycles. The van der Waals surface area contributed by atoms with E-state index in [1.165, 1.54) is 16.7 Å². The summed E-state index contributed by atoms with van der Waals surface area (Å²) in [6.07, 6.45) is 0. The van der Waals surface area contributed by atoms with E-state index < -0.39 is 0 Å². The SMILES string of the molecule is Cc1cc(C)c(C)c(OCCOCC[NH2+]C(C)(C)C)c1. The van der Waals surface area contributed by atoms with Gasteiger partial charge in [-0.1, -0.05) is 6.07 Å². The van der Waals surface area contributed by atoms with Gasteiger partial charge in [-0.05, 0) is 64.3 Å². The molecular formula is C17H30NO2+. The number of rotatable bonds is 7. The van der Waals surface area contributed by atoms with Crippen LogP contribution in [0.25, 0.3) is 0 Å². The molecule has 0 aliphatic carbocycles. The fraction of sp³-hybridized carbons (Fsp3) is 0.647. The second-order valence-electron chi connectivity index (χ2n) is 6.52. The Labute approximate surface area is 123 Å². The third-order valence-electron chi connectivity index (χ3n) is 3.27. The van der Waals surface area contributed by atoms with Crippen molar-refractivity contribution in [3.8, 4) is 5.75 Å². The van der Waals surface area contributed by atoms with Crippen molar-refractivity contribution in [1.29, 1.82) is 0 Å². The Hall–Kier alpha value is -1.06. The second kappa shape index (κ2) is 7.65. The predicted octanol–water partition coefficient (Wildman–Crippen LogP) is 2.37. The minimum Gasteiger partial charge on any atom is -0.491 e. The Kier molecular flexibility index (Phi) is 6.50. The Bertz CT molecular complexity index is 422. The lowest BCUT2D eigenvalue weighted by Gasteiger charge is -2.16. The van der Waals surface area contributed by atoms with Crippen LogP contribution in [0.4, 0.5) is 0 Å². The summed E-state index contributed by atoms with van der Waals surface area (Å²) in [7, 11) is 0. The first-order valence-electron chi connectivity index (χ1n) is 7.42. The summed E-state index contributed by atoms with van der Waals surface area (Å²) in [6, 6.07) is 4.27. The van der Waals surface area contributed by atoms with Crippen molar-refractivity contribution >= 4 is 0 Å². The van der Waals surface area contributed by atoms with Crippen LogP contribution in [0.3, 0.4) is 0 Å². The molecule has 0 aliphatic heterocycles. The Morgan fingerprint density at radius 1 is 1.00 bits per heavy atom. The number of ether oxygens (including phenoxy) is 2. The van der Waals surface area contributed by atoms with Crippen LogP contribution in [-0.4, -0.2) is 31.9 Å². The van der Waals surface area contributed by atoms with E-state index in [4.69, 9.17) is 9.47 Å². The summed E-state index contributed by atoms with van der Waals surface area (Å²) in [4.78, 5) is 0. The Morgan fingerprint density at radius 2 is 1.70 bits per heavy atom. The number of benzene rings is 1. The molecule has 0 amide bonds. The number of aryl methyl sites for hydroxylation is 2. The van der Waals surface area contributed by atoms with Gasteiger partial charge < -0.3 is 14.8 Å². The van der Waals surface area contributed by atoms with Crippen molar-refractivity contribution in [1.82, 2.24) is 0 Å². The first-order chi connectivity index (χ1) is 9.29. The first-order valence-corrected chi connectivity index (χ1v) is 7.42. The van der Waals surface area contributed by atoms with Gasteiger partial charge in [0, 0.05) is 0 Å². The summed E-state index contributed by atoms with van der Waals surface area (Å²) in [6.45, 7) is 16.0. The lowest BCUT2D eigenvalue weighted by Crippen LogP contribution is -2.95. The van der Waals surface area contributed by atoms with Gasteiger partial charge in [0.05, 0.1) is 25.3 Å². The zero-order valence-electron chi connectivity index (χ0n) is 13.9. The highest BCUT2D eigenvalue weighted by Crippen LogP contribution is 2.23. The molecular weight excluding hydrogens is 250 g/mol. The Balaban J connectivity index is 2.22. The first kappa shape index (κ1) is 17.0. The molecule has 0 spiro atoms. The van der Waals surface area contributed by atoms with Crippen molar-refractivity contribution in [2.45, 2.75) is 47.1 Å². The van der Waals surface area contributed by atoms with E-state index in [1.54, 1.807) is 0 Å². The third kappa shape index (κ3) is 6.40. The zero-order valence-corrected chi connectivity index (χ0v) is 13.9. The number of hydrogen-bond acceptors (Lipinski definition) is 2. The summed E-state index contributed by atoms with van der Waals surface area (Å²) in [5.41, 5.74) is 4.01. The molecule has 2 N–H and O–H groups in total. The van der Waals surface area contributed by atoms with Gasteiger partial charge in [0.25, 0.3) is 0 Å². The van der Waals surface area contributed by atoms with E-state index in [9.17, 15) is 0 Å². The van der Waals surface area contributed by atoms with Gasteiger partial charge in [-0.2, -0.15) is 0 Å². The van der Waals surface area contributed by atoms with Gasteiger partial charge in [-0.15, -0.1) is 0 Å². The highest BCUT2D eigenvalue weighted by molar-refractivity contribution is 5.41. The fourth-order valence-electron chi connectivity index (χ4n) is 2.04. The smallest absolute Gasteiger partial charge is 0.122 e. The molecule has 0 aliphatic rings. The highest BCUT2D eigenvalue weighted by Gasteiger charge is 2.11. The standard InChI is InChI=1S/C17H29NO2/c1-13-11-14(2)15(3)16(12-13)20-10-9-19-8-7-18-17(4,5)6/h11-12,18H,7-10H2,1-6H3/p+1. The monoisotopic (exact) mass is 280 g/mol. The van der Waals surface area contributed by atoms with Crippen LogP contribution in [0.15, 0.2) is 12.1 Å². The molecule has 0 atom stereocenters. The van der Waals surface area contributed by atoms with Crippen LogP contribution in [0.2, 0.25) is 0 Å². The molecule has 0 unspecified atom stereocenters. The van der Waals surface area contributed by atoms with Crippen molar-refractivity contribution in [3.63, 3.8) is 0 Å². The quantitative estimate of drug-likeness (QED) is 0.778. The van der Waals surface area contributed by atoms with Crippen LogP contribution >= 0.6 is 0 Å². The number of quaternary nitrogens is 1. The van der Waals surface area contributed by atoms with Gasteiger partial charge in [0.2, 0.25) is 0 Å². The maximum absolute atomic E-state index is 5.81. The molecule has 1 aromatic carbocycles. The van der Waals surface area contributed by atoms with Crippen LogP contribution in [0.1, 0.15) is 37.5 Å². The molecule has 1 rings (SSSR count). The van der Waals surface area contributed by atoms with E-state index in [2.05, 4.69) is 59.0 Å². The minimum atomic E-state index is 0.274. The molecule has 0 aromatic heterocycles. The van der Waals surface area contributed by atoms with Crippen LogP contribution in [-0.2, 0) is 4.74 Å². The molecule has 0 saturated heterocycles. The van der Waals surface area contributed by atoms with Gasteiger partial charge in [-0.3, -0.25) is 0 Å². The highest BCUT2D eigenvalue weighted by atomic mass is 16.5. The molecule has 0 fully saturated rings. The molecule has 1 aromatic rings. The molecule has 0 bridgehead atoms. The minimum absolute atomic E-state index is 0.274. The number of nitrogens with two attached hydrogens (primary N) is 1. The molecule has 3 nitrogen and oxygen atoms in total. The summed E-state index contributed by atoms with van der Waals surface area (Å²) in [5, 5.41) is 2.29. The van der Waals surface area contributed by atoms with Crippen LogP contribution < -0.4 is 10.1 Å². The van der Waals surface area contributed by atoms with E-state index >= 15 is 0 Å². The van der Waals surface area contributed by atoms with E-state index in [-0.39, 0.29) is 5.54 Å². The molecule has 0 heterocycles. The van der Waals surface area contributed by atoms with E-state index in [0.717, 1.165) is 18.9 Å². The summed E-state index contributed by atoms with van der Waals surface area (Å²) in [5.74, 6) is 0.979. The molecule has 3 heteroatoms. The van der Waals surface area contributed by atoms with Crippen LogP contribution in [0, 0.1) is 20.8 Å². The van der Waals surface area contributed by atoms with Crippen molar-refractivity contribution in [2.75, 3.05) is 26.4 Å². The normalized spacial score (nSPS) is 11.7. The summed E-state index contributed by atoms with van der Waals surface area (Å²) < 4.78 is 11.4. The molecule has 20 heavy (non-hydrogen) atoms. The van der Waals surface area contributed by atoms with Gasteiger partial charge in [0.1, 0.15) is 12.4 Å². The fourth-order valence-corrected chi connectivity index (χ4v) is 2.04. The molecule has 0 radical (unpaired) electrons. The maximum atomic E-state index is 5.81. The lowest BCUT2D eigenvalue weighted by molar-refractivity contribution is -0.718. The molecule has 114 valence electrons. The largest absolute Gasteiger partial charge is 0.491 e. The Morgan fingerprint density at radius 3 is 2.35 bits per heavy atom. The van der Waals surface area contributed by atoms with E-state index in [0.29, 0.717) is 13.2 Å². The van der Waals surface area contributed by atoms with Crippen molar-refractivity contribution < 1.29 is 14.8 Å². The maximum Gasteiger partial charge on any atom is 0.122 e. The lowest BCUT2D eigenvalue weighted by atomic mass is 10.1.